The fraction of sp³-hybridized carbons (Fsp3) is 0.231. The molecule has 92 valence electrons. The zero-order chi connectivity index (χ0) is 12.5. The maximum Gasteiger partial charge on any atom is 0.278 e. The molecule has 1 aromatic rings. The van der Waals surface area contributed by atoms with Gasteiger partial charge in [-0.2, -0.15) is 0 Å². The van der Waals surface area contributed by atoms with Crippen LogP contribution in [0.2, 0.25) is 0 Å². The maximum absolute atomic E-state index is 12.1. The van der Waals surface area contributed by atoms with Gasteiger partial charge in [0.15, 0.2) is 0 Å². The molecule has 0 atom stereocenters. The molecule has 18 heavy (non-hydrogen) atoms. The third-order valence-electron chi connectivity index (χ3n) is 2.96. The van der Waals surface area contributed by atoms with Crippen LogP contribution in [0, 0.1) is 0 Å². The maximum atomic E-state index is 12.1. The van der Waals surface area contributed by atoms with Crippen LogP contribution in [0.3, 0.4) is 0 Å². The van der Waals surface area contributed by atoms with Crippen molar-refractivity contribution in [3.05, 3.63) is 46.5 Å². The second-order valence-electron chi connectivity index (χ2n) is 4.16. The molecule has 2 amide bonds. The molecule has 0 radical (unpaired) electrons. The van der Waals surface area contributed by atoms with E-state index in [0.717, 1.165) is 17.9 Å². The van der Waals surface area contributed by atoms with Gasteiger partial charge in [0.05, 0.1) is 6.54 Å². The van der Waals surface area contributed by atoms with Gasteiger partial charge in [-0.15, -0.1) is 11.8 Å². The summed E-state index contributed by atoms with van der Waals surface area (Å²) in [5, 5.41) is 3.02. The minimum absolute atomic E-state index is 0.170. The van der Waals surface area contributed by atoms with Crippen molar-refractivity contribution in [1.82, 2.24) is 10.2 Å². The molecule has 0 unspecified atom stereocenters. The summed E-state index contributed by atoms with van der Waals surface area (Å²) in [4.78, 5) is 26.1. The van der Waals surface area contributed by atoms with Crippen molar-refractivity contribution in [2.24, 2.45) is 0 Å². The zero-order valence-electron chi connectivity index (χ0n) is 9.68. The van der Waals surface area contributed by atoms with Crippen LogP contribution in [-0.2, 0) is 16.1 Å². The summed E-state index contributed by atoms with van der Waals surface area (Å²) in [6.45, 7) is 1.08. The summed E-state index contributed by atoms with van der Waals surface area (Å²) in [6, 6.07) is 9.55. The molecule has 0 bridgehead atoms. The molecule has 5 heteroatoms. The molecule has 0 aliphatic carbocycles. The predicted molar refractivity (Wildman–Crippen MR) is 69.5 cm³/mol. The summed E-state index contributed by atoms with van der Waals surface area (Å²) >= 11 is 1.47. The molecular formula is C13H12N2O2S. The van der Waals surface area contributed by atoms with E-state index in [1.165, 1.54) is 16.7 Å². The van der Waals surface area contributed by atoms with E-state index in [0.29, 0.717) is 17.1 Å². The normalized spacial score (nSPS) is 19.0. The number of amides is 2. The average molecular weight is 260 g/mol. The number of thioether (sulfide) groups is 1. The molecule has 1 N–H and O–H groups in total. The number of nitrogens with zero attached hydrogens (tertiary/aromatic N) is 1. The Hall–Kier alpha value is -1.75. The number of carbonyl (C=O) groups excluding carboxylic acids is 2. The lowest BCUT2D eigenvalue weighted by atomic mass is 10.2. The number of benzene rings is 1. The van der Waals surface area contributed by atoms with Crippen LogP contribution in [0.25, 0.3) is 0 Å². The summed E-state index contributed by atoms with van der Waals surface area (Å²) in [5.74, 6) is 0.457. The van der Waals surface area contributed by atoms with Gasteiger partial charge in [-0.1, -0.05) is 30.3 Å². The van der Waals surface area contributed by atoms with E-state index in [9.17, 15) is 9.59 Å². The average Bonchev–Trinajstić information content (AvgIpc) is 2.66. The smallest absolute Gasteiger partial charge is 0.278 e. The fourth-order valence-electron chi connectivity index (χ4n) is 2.08. The van der Waals surface area contributed by atoms with Crippen LogP contribution in [0.15, 0.2) is 40.9 Å². The highest BCUT2D eigenvalue weighted by molar-refractivity contribution is 8.04. The van der Waals surface area contributed by atoms with Crippen molar-refractivity contribution in [1.29, 1.82) is 0 Å². The van der Waals surface area contributed by atoms with Gasteiger partial charge in [-0.25, -0.2) is 0 Å². The summed E-state index contributed by atoms with van der Waals surface area (Å²) in [5.41, 5.74) is 1.44. The van der Waals surface area contributed by atoms with E-state index in [1.54, 1.807) is 0 Å². The molecule has 0 spiro atoms. The van der Waals surface area contributed by atoms with Crippen LogP contribution < -0.4 is 5.32 Å². The minimum Gasteiger partial charge on any atom is -0.379 e. The number of hydrogen-bond donors (Lipinski definition) is 1. The summed E-state index contributed by atoms with van der Waals surface area (Å²) in [6.07, 6.45) is 0. The third-order valence-corrected chi connectivity index (χ3v) is 4.03. The fourth-order valence-corrected chi connectivity index (χ4v) is 3.03. The molecule has 4 nitrogen and oxygen atoms in total. The van der Waals surface area contributed by atoms with Crippen molar-refractivity contribution in [2.45, 2.75) is 6.54 Å². The van der Waals surface area contributed by atoms with Gasteiger partial charge in [0.2, 0.25) is 0 Å². The summed E-state index contributed by atoms with van der Waals surface area (Å²) < 4.78 is 0. The molecule has 3 rings (SSSR count). The Morgan fingerprint density at radius 1 is 1.17 bits per heavy atom. The van der Waals surface area contributed by atoms with Crippen LogP contribution in [0.1, 0.15) is 5.56 Å². The highest BCUT2D eigenvalue weighted by Crippen LogP contribution is 2.31. The Morgan fingerprint density at radius 2 is 1.94 bits per heavy atom. The molecule has 0 saturated heterocycles. The van der Waals surface area contributed by atoms with Crippen LogP contribution in [-0.4, -0.2) is 29.0 Å². The molecule has 0 fully saturated rings. The second kappa shape index (κ2) is 4.49. The van der Waals surface area contributed by atoms with E-state index < -0.39 is 0 Å². The Balaban J connectivity index is 1.84. The van der Waals surface area contributed by atoms with Gasteiger partial charge in [0.1, 0.15) is 10.6 Å². The molecule has 0 aromatic heterocycles. The zero-order valence-corrected chi connectivity index (χ0v) is 10.5. The Labute approximate surface area is 109 Å². The number of hydrogen-bond acceptors (Lipinski definition) is 4. The second-order valence-corrected chi connectivity index (χ2v) is 5.27. The standard InChI is InChI=1S/C13H12N2O2S/c16-12-10-11(18-7-6-14-10)13(17)15(12)8-9-4-2-1-3-5-9/h1-5,14H,6-8H2. The van der Waals surface area contributed by atoms with Gasteiger partial charge in [-0.3, -0.25) is 14.5 Å². The van der Waals surface area contributed by atoms with Crippen molar-refractivity contribution >= 4 is 23.6 Å². The van der Waals surface area contributed by atoms with Crippen molar-refractivity contribution < 1.29 is 9.59 Å². The highest BCUT2D eigenvalue weighted by atomic mass is 32.2. The van der Waals surface area contributed by atoms with Crippen LogP contribution in [0.4, 0.5) is 0 Å². The van der Waals surface area contributed by atoms with E-state index in [4.69, 9.17) is 0 Å². The van der Waals surface area contributed by atoms with Gasteiger partial charge in [0.25, 0.3) is 11.8 Å². The lowest BCUT2D eigenvalue weighted by Crippen LogP contribution is -2.33. The van der Waals surface area contributed by atoms with Gasteiger partial charge < -0.3 is 5.32 Å². The van der Waals surface area contributed by atoms with Gasteiger partial charge >= 0.3 is 0 Å². The molecule has 2 heterocycles. The van der Waals surface area contributed by atoms with Crippen LogP contribution >= 0.6 is 11.8 Å². The Morgan fingerprint density at radius 3 is 2.67 bits per heavy atom. The van der Waals surface area contributed by atoms with Crippen molar-refractivity contribution in [3.63, 3.8) is 0 Å². The first-order valence-corrected chi connectivity index (χ1v) is 6.77. The molecule has 2 aliphatic rings. The quantitative estimate of drug-likeness (QED) is 0.809. The van der Waals surface area contributed by atoms with Gasteiger partial charge in [0, 0.05) is 12.3 Å². The van der Waals surface area contributed by atoms with Gasteiger partial charge in [-0.05, 0) is 5.56 Å². The van der Waals surface area contributed by atoms with E-state index >= 15 is 0 Å². The first kappa shape index (κ1) is 11.3. The number of nitrogens with one attached hydrogen (secondary N) is 1. The lowest BCUT2D eigenvalue weighted by molar-refractivity contribution is -0.138. The molecular weight excluding hydrogens is 248 g/mol. The molecule has 1 aromatic carbocycles. The Kier molecular flexibility index (Phi) is 2.83. The number of imide groups is 1. The molecule has 2 aliphatic heterocycles. The highest BCUT2D eigenvalue weighted by Gasteiger charge is 2.39. The first-order valence-electron chi connectivity index (χ1n) is 5.78. The van der Waals surface area contributed by atoms with E-state index in [2.05, 4.69) is 5.32 Å². The van der Waals surface area contributed by atoms with Crippen molar-refractivity contribution in [2.75, 3.05) is 12.3 Å². The van der Waals surface area contributed by atoms with Crippen LogP contribution in [0.5, 0.6) is 0 Å². The monoisotopic (exact) mass is 260 g/mol. The lowest BCUT2D eigenvalue weighted by Gasteiger charge is -2.14. The first-order chi connectivity index (χ1) is 8.77. The topological polar surface area (TPSA) is 49.4 Å². The molecule has 0 saturated carbocycles. The van der Waals surface area contributed by atoms with E-state index in [1.807, 2.05) is 30.3 Å². The SMILES string of the molecule is O=C1C2=C(SCCN2)C(=O)N1Cc1ccccc1. The largest absolute Gasteiger partial charge is 0.379 e. The van der Waals surface area contributed by atoms with Crippen molar-refractivity contribution in [3.8, 4) is 0 Å². The Bertz CT molecular complexity index is 511. The third kappa shape index (κ3) is 1.80. The van der Waals surface area contributed by atoms with E-state index in [-0.39, 0.29) is 11.8 Å². The summed E-state index contributed by atoms with van der Waals surface area (Å²) in [7, 11) is 0. The number of rotatable bonds is 2. The predicted octanol–water partition coefficient (Wildman–Crippen LogP) is 1.10. The number of carbonyl (C=O) groups is 2. The minimum atomic E-state index is -0.203.